The lowest BCUT2D eigenvalue weighted by atomic mass is 9.96. The maximum absolute atomic E-state index is 13.4. The van der Waals surface area contributed by atoms with Gasteiger partial charge in [-0.05, 0) is 107 Å². The highest BCUT2D eigenvalue weighted by atomic mass is 16.6. The van der Waals surface area contributed by atoms with Crippen LogP contribution in [0.25, 0.3) is 0 Å². The van der Waals surface area contributed by atoms with Crippen LogP contribution in [0.1, 0.15) is 83.9 Å². The van der Waals surface area contributed by atoms with E-state index in [0.717, 1.165) is 111 Å². The number of piperazine rings is 1. The van der Waals surface area contributed by atoms with E-state index in [4.69, 9.17) is 19.4 Å². The molecule has 0 spiro atoms. The van der Waals surface area contributed by atoms with Crippen LogP contribution in [0.5, 0.6) is 5.88 Å². The number of aromatic nitrogens is 3. The van der Waals surface area contributed by atoms with Crippen LogP contribution in [-0.4, -0.2) is 132 Å². The number of rotatable bonds is 8. The molecule has 2 N–H and O–H groups in total. The van der Waals surface area contributed by atoms with Crippen molar-refractivity contribution in [1.29, 1.82) is 0 Å². The van der Waals surface area contributed by atoms with Crippen molar-refractivity contribution in [1.82, 2.24) is 30.1 Å². The number of nitrogens with one attached hydrogen (secondary N) is 2. The van der Waals surface area contributed by atoms with Gasteiger partial charge in [-0.25, -0.2) is 19.7 Å². The fraction of sp³-hybridized carbons (Fsp3) is 0.469. The fourth-order valence-corrected chi connectivity index (χ4v) is 10.2. The number of amides is 5. The standard InChI is InChI=1S/C49H57N11O7/c1-30-39(27-52-45-43(30)59(21-22-66-45)48(65)67-49(2,3)4)58-16-13-32-25-50-40(23-33(32)29-58)53-34-5-9-41(51-26-34)57-14-11-31(12-15-57)28-55-17-19-56(20-18-55)35-6-7-36-37(24-35)47(64)60(46(36)63)38-8-10-42(61)54-44(38)62/h5-7,9,23-27,31,38H,8,10-22,28-29H2,1-4H3,(H,50,53)(H,54,61,62). The molecule has 3 aromatic heterocycles. The monoisotopic (exact) mass is 911 g/mol. The van der Waals surface area contributed by atoms with E-state index in [2.05, 4.69) is 53.4 Å². The quantitative estimate of drug-likeness (QED) is 0.224. The molecule has 0 radical (unpaired) electrons. The zero-order valence-electron chi connectivity index (χ0n) is 38.5. The van der Waals surface area contributed by atoms with Crippen LogP contribution < -0.4 is 35.0 Å². The molecule has 18 heteroatoms. The van der Waals surface area contributed by atoms with Crippen LogP contribution in [0.3, 0.4) is 0 Å². The largest absolute Gasteiger partial charge is 0.474 e. The lowest BCUT2D eigenvalue weighted by molar-refractivity contribution is -0.136. The number of ether oxygens (including phenoxy) is 2. The molecule has 0 saturated carbocycles. The summed E-state index contributed by atoms with van der Waals surface area (Å²) in [5, 5.41) is 5.72. The van der Waals surface area contributed by atoms with E-state index in [1.54, 1.807) is 17.0 Å². The normalized spacial score (nSPS) is 20.3. The molecule has 350 valence electrons. The SMILES string of the molecule is Cc1c(N2CCc3cnc(Nc4ccc(N5CCC(CN6CCN(c7ccc8c(c7)C(=O)N(C7CCC(=O)NC7=O)C8=O)CC6)CC5)nc4)cc3C2)cnc2c1N(C(=O)OC(C)(C)C)CCO2. The van der Waals surface area contributed by atoms with E-state index in [1.807, 2.05) is 52.4 Å². The minimum absolute atomic E-state index is 0.0926. The summed E-state index contributed by atoms with van der Waals surface area (Å²) in [6.45, 7) is 16.1. The molecule has 1 atom stereocenters. The van der Waals surface area contributed by atoms with Crippen molar-refractivity contribution >= 4 is 64.1 Å². The third kappa shape index (κ3) is 8.93. The first-order valence-corrected chi connectivity index (χ1v) is 23.4. The molecule has 18 nitrogen and oxygen atoms in total. The van der Waals surface area contributed by atoms with E-state index in [0.29, 0.717) is 48.3 Å². The molecule has 0 aliphatic carbocycles. The predicted octanol–water partition coefficient (Wildman–Crippen LogP) is 5.06. The topological polar surface area (TPSA) is 186 Å². The molecule has 6 aliphatic rings. The highest BCUT2D eigenvalue weighted by Gasteiger charge is 2.45. The second-order valence-corrected chi connectivity index (χ2v) is 19.3. The highest BCUT2D eigenvalue weighted by molar-refractivity contribution is 6.23. The van der Waals surface area contributed by atoms with Gasteiger partial charge in [-0.2, -0.15) is 0 Å². The number of benzene rings is 1. The molecule has 10 rings (SSSR count). The van der Waals surface area contributed by atoms with Gasteiger partial charge < -0.3 is 29.5 Å². The summed E-state index contributed by atoms with van der Waals surface area (Å²) in [5.74, 6) is 0.782. The summed E-state index contributed by atoms with van der Waals surface area (Å²) in [4.78, 5) is 90.2. The van der Waals surface area contributed by atoms with Crippen molar-refractivity contribution in [3.63, 3.8) is 0 Å². The van der Waals surface area contributed by atoms with Gasteiger partial charge in [-0.3, -0.25) is 39.2 Å². The second kappa shape index (κ2) is 17.8. The zero-order chi connectivity index (χ0) is 46.6. The van der Waals surface area contributed by atoms with Crippen LogP contribution in [0.15, 0.2) is 55.0 Å². The van der Waals surface area contributed by atoms with Crippen LogP contribution in [0.2, 0.25) is 0 Å². The molecule has 0 bridgehead atoms. The average Bonchev–Trinajstić information content (AvgIpc) is 3.56. The lowest BCUT2D eigenvalue weighted by Crippen LogP contribution is -2.54. The van der Waals surface area contributed by atoms with Crippen molar-refractivity contribution < 1.29 is 33.4 Å². The molecule has 4 aromatic rings. The molecule has 3 fully saturated rings. The number of fused-ring (bicyclic) bond motifs is 3. The zero-order valence-corrected chi connectivity index (χ0v) is 38.5. The van der Waals surface area contributed by atoms with Gasteiger partial charge in [-0.15, -0.1) is 0 Å². The first-order chi connectivity index (χ1) is 32.3. The van der Waals surface area contributed by atoms with Crippen molar-refractivity contribution in [3.05, 3.63) is 82.8 Å². The van der Waals surface area contributed by atoms with E-state index >= 15 is 0 Å². The minimum atomic E-state index is -0.973. The number of anilines is 6. The van der Waals surface area contributed by atoms with E-state index in [9.17, 15) is 24.0 Å². The van der Waals surface area contributed by atoms with Gasteiger partial charge in [-0.1, -0.05) is 0 Å². The molecule has 1 unspecified atom stereocenters. The Labute approximate surface area is 389 Å². The Hall–Kier alpha value is -6.82. The number of imide groups is 2. The fourth-order valence-electron chi connectivity index (χ4n) is 10.2. The summed E-state index contributed by atoms with van der Waals surface area (Å²) >= 11 is 0. The van der Waals surface area contributed by atoms with E-state index < -0.39 is 35.5 Å². The molecular weight excluding hydrogens is 855 g/mol. The third-order valence-corrected chi connectivity index (χ3v) is 13.8. The van der Waals surface area contributed by atoms with Gasteiger partial charge in [0.1, 0.15) is 35.6 Å². The summed E-state index contributed by atoms with van der Waals surface area (Å²) in [6.07, 6.45) is 8.49. The van der Waals surface area contributed by atoms with E-state index in [-0.39, 0.29) is 18.7 Å². The average molecular weight is 912 g/mol. The minimum Gasteiger partial charge on any atom is -0.474 e. The third-order valence-electron chi connectivity index (χ3n) is 13.8. The summed E-state index contributed by atoms with van der Waals surface area (Å²) in [7, 11) is 0. The lowest BCUT2D eigenvalue weighted by Gasteiger charge is -2.40. The number of carbonyl (C=O) groups is 5. The number of carbonyl (C=O) groups excluding carboxylic acids is 5. The predicted molar refractivity (Wildman–Crippen MR) is 251 cm³/mol. The van der Waals surface area contributed by atoms with E-state index in [1.165, 1.54) is 11.1 Å². The highest BCUT2D eigenvalue weighted by Crippen LogP contribution is 2.40. The molecular formula is C49H57N11O7. The smallest absolute Gasteiger partial charge is 0.415 e. The maximum atomic E-state index is 13.4. The van der Waals surface area contributed by atoms with Gasteiger partial charge in [0.2, 0.25) is 17.7 Å². The van der Waals surface area contributed by atoms with Crippen LogP contribution in [0.4, 0.5) is 39.2 Å². The maximum Gasteiger partial charge on any atom is 0.415 e. The molecule has 1 aromatic carbocycles. The van der Waals surface area contributed by atoms with Crippen molar-refractivity contribution in [3.8, 4) is 5.88 Å². The number of hydrogen-bond donors (Lipinski definition) is 2. The molecule has 3 saturated heterocycles. The number of pyridine rings is 3. The van der Waals surface area contributed by atoms with Gasteiger partial charge in [0.05, 0.1) is 41.4 Å². The van der Waals surface area contributed by atoms with Crippen molar-refractivity contribution in [2.45, 2.75) is 78.0 Å². The Morgan fingerprint density at radius 1 is 0.806 bits per heavy atom. The van der Waals surface area contributed by atoms with Gasteiger partial charge >= 0.3 is 6.09 Å². The van der Waals surface area contributed by atoms with Crippen molar-refractivity contribution in [2.24, 2.45) is 5.92 Å². The molecule has 6 aliphatic heterocycles. The molecule has 9 heterocycles. The number of hydrogen-bond acceptors (Lipinski definition) is 15. The Morgan fingerprint density at radius 2 is 1.60 bits per heavy atom. The Kier molecular flexibility index (Phi) is 11.7. The van der Waals surface area contributed by atoms with Gasteiger partial charge in [0.15, 0.2) is 0 Å². The first kappa shape index (κ1) is 44.0. The van der Waals surface area contributed by atoms with Crippen molar-refractivity contribution in [2.75, 3.05) is 90.4 Å². The second-order valence-electron chi connectivity index (χ2n) is 19.3. The Balaban J connectivity index is 0.697. The Morgan fingerprint density at radius 3 is 2.34 bits per heavy atom. The van der Waals surface area contributed by atoms with Crippen LogP contribution in [-0.2, 0) is 27.3 Å². The molecule has 5 amide bonds. The number of piperidine rings is 2. The summed E-state index contributed by atoms with van der Waals surface area (Å²) in [6, 6.07) is 10.6. The molecule has 67 heavy (non-hydrogen) atoms. The number of nitrogens with zero attached hydrogens (tertiary/aromatic N) is 9. The summed E-state index contributed by atoms with van der Waals surface area (Å²) < 4.78 is 11.6. The van der Waals surface area contributed by atoms with Gasteiger partial charge in [0, 0.05) is 82.8 Å². The van der Waals surface area contributed by atoms with Gasteiger partial charge in [0.25, 0.3) is 11.8 Å². The van der Waals surface area contributed by atoms with Crippen LogP contribution in [0, 0.1) is 12.8 Å². The first-order valence-electron chi connectivity index (χ1n) is 23.4. The van der Waals surface area contributed by atoms with Crippen LogP contribution >= 0.6 is 0 Å². The Bertz CT molecular complexity index is 2620. The summed E-state index contributed by atoms with van der Waals surface area (Å²) in [5.41, 5.74) is 6.66.